The maximum absolute atomic E-state index is 13.6. The number of primary amides is 1. The van der Waals surface area contributed by atoms with E-state index in [1.165, 1.54) is 0 Å². The van der Waals surface area contributed by atoms with E-state index in [1.54, 1.807) is 0 Å². The van der Waals surface area contributed by atoms with Gasteiger partial charge in [0.25, 0.3) is 5.91 Å². The van der Waals surface area contributed by atoms with Gasteiger partial charge < -0.3 is 20.7 Å². The molecule has 0 saturated heterocycles. The summed E-state index contributed by atoms with van der Waals surface area (Å²) in [6.07, 6.45) is -0.354. The summed E-state index contributed by atoms with van der Waals surface area (Å²) < 4.78 is 2.11. The largest absolute Gasteiger partial charge is 0.481 e. The maximum atomic E-state index is 13.6. The number of nitrogens with two attached hydrogens (primary N) is 1. The first kappa shape index (κ1) is 23.8. The number of benzene rings is 2. The molecule has 0 saturated carbocycles. The highest BCUT2D eigenvalue weighted by atomic mass is 16.4. The molecule has 3 aromatic rings. The summed E-state index contributed by atoms with van der Waals surface area (Å²) in [4.78, 5) is 36.5. The van der Waals surface area contributed by atoms with Crippen molar-refractivity contribution in [1.29, 1.82) is 0 Å². The molecule has 0 aliphatic carbocycles. The van der Waals surface area contributed by atoms with Crippen molar-refractivity contribution in [3.8, 4) is 22.4 Å². The van der Waals surface area contributed by atoms with Gasteiger partial charge in [0.2, 0.25) is 5.91 Å². The van der Waals surface area contributed by atoms with Crippen LogP contribution < -0.4 is 11.1 Å². The van der Waals surface area contributed by atoms with Gasteiger partial charge in [-0.25, -0.2) is 0 Å². The molecule has 172 valence electrons. The standard InChI is InChI=1S/C26H29N3O4/c1-16(2)29-17(3)22(26(33)28-20(25(27)32)14-15-21(30)31)23(18-10-6-4-7-11-18)24(29)19-12-8-5-9-13-19/h4-13,16,20H,14-15H2,1-3H3,(H2,27,32)(H,28,33)(H,30,31). The van der Waals surface area contributed by atoms with E-state index >= 15 is 0 Å². The van der Waals surface area contributed by atoms with E-state index in [0.717, 1.165) is 28.1 Å². The fourth-order valence-electron chi connectivity index (χ4n) is 4.18. The predicted octanol–water partition coefficient (Wildman–Crippen LogP) is 4.16. The molecular formula is C26H29N3O4. The Balaban J connectivity index is 2.21. The van der Waals surface area contributed by atoms with Gasteiger partial charge in [-0.3, -0.25) is 14.4 Å². The quantitative estimate of drug-likeness (QED) is 0.457. The molecule has 33 heavy (non-hydrogen) atoms. The molecule has 7 heteroatoms. The molecule has 0 aliphatic rings. The summed E-state index contributed by atoms with van der Waals surface area (Å²) in [5, 5.41) is 11.7. The minimum atomic E-state index is -1.08. The van der Waals surface area contributed by atoms with E-state index in [4.69, 9.17) is 10.8 Å². The van der Waals surface area contributed by atoms with E-state index in [1.807, 2.05) is 67.6 Å². The Kier molecular flexibility index (Phi) is 7.33. The molecular weight excluding hydrogens is 418 g/mol. The lowest BCUT2D eigenvalue weighted by Gasteiger charge is -2.17. The van der Waals surface area contributed by atoms with Gasteiger partial charge in [0.15, 0.2) is 0 Å². The van der Waals surface area contributed by atoms with Crippen molar-refractivity contribution in [3.63, 3.8) is 0 Å². The summed E-state index contributed by atoms with van der Waals surface area (Å²) in [6.45, 7) is 5.98. The minimum absolute atomic E-state index is 0.0585. The molecule has 0 spiro atoms. The van der Waals surface area contributed by atoms with Crippen molar-refractivity contribution < 1.29 is 19.5 Å². The molecule has 2 aromatic carbocycles. The van der Waals surface area contributed by atoms with E-state index in [0.29, 0.717) is 5.56 Å². The van der Waals surface area contributed by atoms with Crippen LogP contribution in [0.4, 0.5) is 0 Å². The second-order valence-corrected chi connectivity index (χ2v) is 8.24. The monoisotopic (exact) mass is 447 g/mol. The third-order valence-corrected chi connectivity index (χ3v) is 5.60. The lowest BCUT2D eigenvalue weighted by Crippen LogP contribution is -2.44. The molecule has 0 fully saturated rings. The van der Waals surface area contributed by atoms with Crippen LogP contribution in [0.3, 0.4) is 0 Å². The van der Waals surface area contributed by atoms with E-state index in [9.17, 15) is 14.4 Å². The highest BCUT2D eigenvalue weighted by molar-refractivity contribution is 6.07. The molecule has 7 nitrogen and oxygen atoms in total. The lowest BCUT2D eigenvalue weighted by atomic mass is 9.96. The Morgan fingerprint density at radius 1 is 0.970 bits per heavy atom. The van der Waals surface area contributed by atoms with Crippen LogP contribution >= 0.6 is 0 Å². The Hall–Kier alpha value is -3.87. The number of hydrogen-bond donors (Lipinski definition) is 3. The van der Waals surface area contributed by atoms with Crippen LogP contribution in [-0.2, 0) is 9.59 Å². The third kappa shape index (κ3) is 5.14. The number of aromatic nitrogens is 1. The van der Waals surface area contributed by atoms with Crippen molar-refractivity contribution in [2.45, 2.75) is 45.7 Å². The zero-order valence-corrected chi connectivity index (χ0v) is 19.0. The van der Waals surface area contributed by atoms with Gasteiger partial charge in [-0.05, 0) is 38.3 Å². The Morgan fingerprint density at radius 3 is 2.00 bits per heavy atom. The molecule has 0 radical (unpaired) electrons. The molecule has 1 unspecified atom stereocenters. The van der Waals surface area contributed by atoms with Crippen LogP contribution in [0, 0.1) is 6.92 Å². The van der Waals surface area contributed by atoms with Gasteiger partial charge >= 0.3 is 5.97 Å². The number of nitrogens with zero attached hydrogens (tertiary/aromatic N) is 1. The fourth-order valence-corrected chi connectivity index (χ4v) is 4.18. The zero-order valence-electron chi connectivity index (χ0n) is 19.0. The van der Waals surface area contributed by atoms with Crippen molar-refractivity contribution >= 4 is 17.8 Å². The van der Waals surface area contributed by atoms with Gasteiger partial charge in [0, 0.05) is 23.7 Å². The molecule has 1 heterocycles. The Morgan fingerprint density at radius 2 is 1.52 bits per heavy atom. The van der Waals surface area contributed by atoms with Crippen LogP contribution in [0.2, 0.25) is 0 Å². The first-order chi connectivity index (χ1) is 15.7. The Labute approximate surface area is 193 Å². The van der Waals surface area contributed by atoms with Crippen LogP contribution in [0.1, 0.15) is 48.8 Å². The van der Waals surface area contributed by atoms with Crippen molar-refractivity contribution in [1.82, 2.24) is 9.88 Å². The number of carboxylic acids is 1. The number of amides is 2. The van der Waals surface area contributed by atoms with Crippen molar-refractivity contribution in [3.05, 3.63) is 71.9 Å². The SMILES string of the molecule is Cc1c(C(=O)NC(CCC(=O)O)C(N)=O)c(-c2ccccc2)c(-c2ccccc2)n1C(C)C. The fraction of sp³-hybridized carbons (Fsp3) is 0.269. The molecule has 3 rings (SSSR count). The molecule has 2 amide bonds. The number of carbonyl (C=O) groups excluding carboxylic acids is 2. The number of aliphatic carboxylic acids is 1. The topological polar surface area (TPSA) is 114 Å². The summed E-state index contributed by atoms with van der Waals surface area (Å²) >= 11 is 0. The minimum Gasteiger partial charge on any atom is -0.481 e. The molecule has 1 atom stereocenters. The first-order valence-electron chi connectivity index (χ1n) is 10.9. The van der Waals surface area contributed by atoms with Crippen molar-refractivity contribution in [2.75, 3.05) is 0 Å². The summed E-state index contributed by atoms with van der Waals surface area (Å²) in [5.41, 5.74) is 10.1. The second kappa shape index (κ2) is 10.2. The van der Waals surface area contributed by atoms with Crippen molar-refractivity contribution in [2.24, 2.45) is 5.73 Å². The normalized spacial score (nSPS) is 11.9. The van der Waals surface area contributed by atoms with E-state index < -0.39 is 23.8 Å². The van der Waals surface area contributed by atoms with Crippen LogP contribution in [0.25, 0.3) is 22.4 Å². The average Bonchev–Trinajstić information content (AvgIpc) is 3.10. The highest BCUT2D eigenvalue weighted by Crippen LogP contribution is 2.41. The van der Waals surface area contributed by atoms with E-state index in [-0.39, 0.29) is 18.9 Å². The summed E-state index contributed by atoms with van der Waals surface area (Å²) in [7, 11) is 0. The number of carboxylic acid groups (broad SMARTS) is 1. The van der Waals surface area contributed by atoms with Crippen LogP contribution in [0.5, 0.6) is 0 Å². The third-order valence-electron chi connectivity index (χ3n) is 5.60. The molecule has 0 bridgehead atoms. The molecule has 0 aliphatic heterocycles. The van der Waals surface area contributed by atoms with Crippen LogP contribution in [0.15, 0.2) is 60.7 Å². The van der Waals surface area contributed by atoms with Gasteiger partial charge in [0.1, 0.15) is 6.04 Å². The lowest BCUT2D eigenvalue weighted by molar-refractivity contribution is -0.137. The number of carbonyl (C=O) groups is 3. The first-order valence-corrected chi connectivity index (χ1v) is 10.9. The van der Waals surface area contributed by atoms with Gasteiger partial charge in [-0.1, -0.05) is 60.7 Å². The van der Waals surface area contributed by atoms with E-state index in [2.05, 4.69) is 23.7 Å². The average molecular weight is 448 g/mol. The number of rotatable bonds is 9. The highest BCUT2D eigenvalue weighted by Gasteiger charge is 2.30. The Bertz CT molecular complexity index is 1150. The molecule has 4 N–H and O–H groups in total. The van der Waals surface area contributed by atoms with Gasteiger partial charge in [-0.2, -0.15) is 0 Å². The molecule has 1 aromatic heterocycles. The zero-order chi connectivity index (χ0) is 24.1. The summed E-state index contributed by atoms with van der Waals surface area (Å²) in [5.74, 6) is -2.29. The number of hydrogen-bond acceptors (Lipinski definition) is 3. The number of nitrogens with one attached hydrogen (secondary N) is 1. The second-order valence-electron chi connectivity index (χ2n) is 8.24. The van der Waals surface area contributed by atoms with Crippen LogP contribution in [-0.4, -0.2) is 33.5 Å². The van der Waals surface area contributed by atoms with Gasteiger partial charge in [0.05, 0.1) is 11.3 Å². The summed E-state index contributed by atoms with van der Waals surface area (Å²) in [6, 6.07) is 18.4. The smallest absolute Gasteiger partial charge is 0.303 e. The van der Waals surface area contributed by atoms with Gasteiger partial charge in [-0.15, -0.1) is 0 Å². The maximum Gasteiger partial charge on any atom is 0.303 e. The predicted molar refractivity (Wildman–Crippen MR) is 128 cm³/mol.